The molecule has 0 aliphatic rings. The highest BCUT2D eigenvalue weighted by atomic mass is 35.5. The van der Waals surface area contributed by atoms with Crippen molar-refractivity contribution in [1.82, 2.24) is 0 Å². The standard InChI is InChI=1S/C19H11Cl2N/c20-16-8-9-18(19(21)11-16)15(12-22)10-14-6-3-5-13-4-1-2-7-17(13)14/h1-11H. The van der Waals surface area contributed by atoms with Gasteiger partial charge in [0.15, 0.2) is 0 Å². The van der Waals surface area contributed by atoms with Crippen LogP contribution in [-0.2, 0) is 0 Å². The van der Waals surface area contributed by atoms with Crippen LogP contribution in [0.15, 0.2) is 60.7 Å². The van der Waals surface area contributed by atoms with Gasteiger partial charge in [-0.15, -0.1) is 0 Å². The predicted octanol–water partition coefficient (Wildman–Crippen LogP) is 6.21. The quantitative estimate of drug-likeness (QED) is 0.406. The van der Waals surface area contributed by atoms with Crippen LogP contribution in [0.25, 0.3) is 22.4 Å². The molecular weight excluding hydrogens is 313 g/mol. The van der Waals surface area contributed by atoms with E-state index >= 15 is 0 Å². The monoisotopic (exact) mass is 323 g/mol. The fraction of sp³-hybridized carbons (Fsp3) is 0. The van der Waals surface area contributed by atoms with E-state index in [0.29, 0.717) is 21.2 Å². The van der Waals surface area contributed by atoms with E-state index < -0.39 is 0 Å². The first kappa shape index (κ1) is 14.7. The van der Waals surface area contributed by atoms with Gasteiger partial charge in [-0.2, -0.15) is 5.26 Å². The average molecular weight is 324 g/mol. The Hall–Kier alpha value is -2.27. The molecule has 0 atom stereocenters. The van der Waals surface area contributed by atoms with E-state index in [1.54, 1.807) is 18.2 Å². The SMILES string of the molecule is N#CC(=Cc1cccc2ccccc12)c1ccc(Cl)cc1Cl. The summed E-state index contributed by atoms with van der Waals surface area (Å²) in [7, 11) is 0. The Balaban J connectivity index is 2.17. The third kappa shape index (κ3) is 2.85. The molecule has 3 aromatic rings. The first-order valence-corrected chi connectivity index (χ1v) is 7.49. The van der Waals surface area contributed by atoms with E-state index in [1.807, 2.05) is 48.5 Å². The summed E-state index contributed by atoms with van der Waals surface area (Å²) in [6, 6.07) is 21.5. The van der Waals surface area contributed by atoms with Gasteiger partial charge in [0.1, 0.15) is 0 Å². The number of hydrogen-bond acceptors (Lipinski definition) is 1. The van der Waals surface area contributed by atoms with E-state index in [-0.39, 0.29) is 0 Å². The summed E-state index contributed by atoms with van der Waals surface area (Å²) in [6.07, 6.45) is 1.86. The number of allylic oxidation sites excluding steroid dienone is 1. The Morgan fingerprint density at radius 3 is 2.50 bits per heavy atom. The molecule has 22 heavy (non-hydrogen) atoms. The maximum absolute atomic E-state index is 9.50. The first-order chi connectivity index (χ1) is 10.7. The zero-order valence-electron chi connectivity index (χ0n) is 11.6. The predicted molar refractivity (Wildman–Crippen MR) is 93.9 cm³/mol. The lowest BCUT2D eigenvalue weighted by Gasteiger charge is -2.06. The largest absolute Gasteiger partial charge is 0.192 e. The van der Waals surface area contributed by atoms with E-state index in [9.17, 15) is 5.26 Å². The van der Waals surface area contributed by atoms with Crippen molar-refractivity contribution in [2.75, 3.05) is 0 Å². The van der Waals surface area contributed by atoms with Crippen LogP contribution < -0.4 is 0 Å². The smallest absolute Gasteiger partial charge is 0.0998 e. The number of hydrogen-bond donors (Lipinski definition) is 0. The normalized spacial score (nSPS) is 11.4. The van der Waals surface area contributed by atoms with Gasteiger partial charge in [0.2, 0.25) is 0 Å². The average Bonchev–Trinajstić information content (AvgIpc) is 2.53. The Labute approximate surface area is 139 Å². The number of fused-ring (bicyclic) bond motifs is 1. The second kappa shape index (κ2) is 6.23. The third-order valence-corrected chi connectivity index (χ3v) is 4.01. The molecule has 106 valence electrons. The zero-order valence-corrected chi connectivity index (χ0v) is 13.1. The Morgan fingerprint density at radius 1 is 0.955 bits per heavy atom. The maximum atomic E-state index is 9.50. The number of nitrogens with zero attached hydrogens (tertiary/aromatic N) is 1. The molecule has 0 heterocycles. The van der Waals surface area contributed by atoms with Gasteiger partial charge >= 0.3 is 0 Å². The molecule has 0 saturated heterocycles. The molecular formula is C19H11Cl2N. The fourth-order valence-electron chi connectivity index (χ4n) is 2.41. The molecule has 0 aliphatic carbocycles. The van der Waals surface area contributed by atoms with Gasteiger partial charge in [0.05, 0.1) is 16.7 Å². The summed E-state index contributed by atoms with van der Waals surface area (Å²) >= 11 is 12.1. The molecule has 0 radical (unpaired) electrons. The highest BCUT2D eigenvalue weighted by Crippen LogP contribution is 2.29. The molecule has 0 aliphatic heterocycles. The molecule has 1 nitrogen and oxygen atoms in total. The second-order valence-electron chi connectivity index (χ2n) is 4.86. The molecule has 0 saturated carbocycles. The van der Waals surface area contributed by atoms with Crippen LogP contribution in [0.4, 0.5) is 0 Å². The number of rotatable bonds is 2. The summed E-state index contributed by atoms with van der Waals surface area (Å²) < 4.78 is 0. The van der Waals surface area contributed by atoms with Crippen LogP contribution in [0.1, 0.15) is 11.1 Å². The van der Waals surface area contributed by atoms with Crippen LogP contribution in [-0.4, -0.2) is 0 Å². The van der Waals surface area contributed by atoms with Crippen molar-refractivity contribution in [1.29, 1.82) is 5.26 Å². The van der Waals surface area contributed by atoms with Crippen molar-refractivity contribution in [2.24, 2.45) is 0 Å². The van der Waals surface area contributed by atoms with Crippen LogP contribution in [0.3, 0.4) is 0 Å². The molecule has 0 amide bonds. The minimum atomic E-state index is 0.473. The minimum Gasteiger partial charge on any atom is -0.192 e. The van der Waals surface area contributed by atoms with E-state index in [0.717, 1.165) is 16.3 Å². The van der Waals surface area contributed by atoms with Gasteiger partial charge in [-0.05, 0) is 34.5 Å². The topological polar surface area (TPSA) is 23.8 Å². The van der Waals surface area contributed by atoms with Crippen molar-refractivity contribution in [3.8, 4) is 6.07 Å². The highest BCUT2D eigenvalue weighted by molar-refractivity contribution is 6.36. The summed E-state index contributed by atoms with van der Waals surface area (Å²) in [4.78, 5) is 0. The van der Waals surface area contributed by atoms with Crippen LogP contribution in [0, 0.1) is 11.3 Å². The molecule has 0 unspecified atom stereocenters. The Morgan fingerprint density at radius 2 is 1.73 bits per heavy atom. The minimum absolute atomic E-state index is 0.473. The number of nitriles is 1. The molecule has 0 aromatic heterocycles. The van der Waals surface area contributed by atoms with Crippen molar-refractivity contribution >= 4 is 45.6 Å². The van der Waals surface area contributed by atoms with Crippen molar-refractivity contribution in [3.63, 3.8) is 0 Å². The van der Waals surface area contributed by atoms with Crippen molar-refractivity contribution in [3.05, 3.63) is 81.8 Å². The summed E-state index contributed by atoms with van der Waals surface area (Å²) in [5.41, 5.74) is 2.18. The summed E-state index contributed by atoms with van der Waals surface area (Å²) in [5, 5.41) is 12.8. The fourth-order valence-corrected chi connectivity index (χ4v) is 2.92. The van der Waals surface area contributed by atoms with Gasteiger partial charge in [0.25, 0.3) is 0 Å². The highest BCUT2D eigenvalue weighted by Gasteiger charge is 2.08. The molecule has 0 N–H and O–H groups in total. The molecule has 3 rings (SSSR count). The van der Waals surface area contributed by atoms with Crippen LogP contribution >= 0.6 is 23.2 Å². The summed E-state index contributed by atoms with van der Waals surface area (Å²) in [5.74, 6) is 0. The number of halogens is 2. The maximum Gasteiger partial charge on any atom is 0.0998 e. The van der Waals surface area contributed by atoms with Gasteiger partial charge < -0.3 is 0 Å². The molecule has 0 fully saturated rings. The zero-order chi connectivity index (χ0) is 15.5. The third-order valence-electron chi connectivity index (χ3n) is 3.46. The first-order valence-electron chi connectivity index (χ1n) is 6.74. The lowest BCUT2D eigenvalue weighted by atomic mass is 9.99. The second-order valence-corrected chi connectivity index (χ2v) is 5.71. The summed E-state index contributed by atoms with van der Waals surface area (Å²) in [6.45, 7) is 0. The van der Waals surface area contributed by atoms with Gasteiger partial charge in [-0.3, -0.25) is 0 Å². The van der Waals surface area contributed by atoms with E-state index in [1.165, 1.54) is 0 Å². The molecule has 0 spiro atoms. The van der Waals surface area contributed by atoms with Gasteiger partial charge in [0, 0.05) is 10.6 Å². The number of benzene rings is 3. The van der Waals surface area contributed by atoms with Crippen molar-refractivity contribution in [2.45, 2.75) is 0 Å². The van der Waals surface area contributed by atoms with Crippen molar-refractivity contribution < 1.29 is 0 Å². The van der Waals surface area contributed by atoms with Gasteiger partial charge in [-0.1, -0.05) is 71.7 Å². The lowest BCUT2D eigenvalue weighted by Crippen LogP contribution is -1.85. The van der Waals surface area contributed by atoms with E-state index in [4.69, 9.17) is 23.2 Å². The van der Waals surface area contributed by atoms with Crippen LogP contribution in [0.2, 0.25) is 10.0 Å². The molecule has 3 heteroatoms. The molecule has 0 bridgehead atoms. The van der Waals surface area contributed by atoms with Gasteiger partial charge in [-0.25, -0.2) is 0 Å². The van der Waals surface area contributed by atoms with Crippen LogP contribution in [0.5, 0.6) is 0 Å². The Bertz CT molecular complexity index is 915. The lowest BCUT2D eigenvalue weighted by molar-refractivity contribution is 1.52. The van der Waals surface area contributed by atoms with E-state index in [2.05, 4.69) is 6.07 Å². The molecule has 3 aromatic carbocycles. The Kier molecular flexibility index (Phi) is 4.15.